The van der Waals surface area contributed by atoms with Gasteiger partial charge in [0.2, 0.25) is 0 Å². The average molecular weight is 747 g/mol. The Hall–Kier alpha value is -3.57. The molecule has 46 heavy (non-hydrogen) atoms. The molecular formula is C34H31BrCl2N2O6S. The molecule has 0 N–H and O–H groups in total. The highest BCUT2D eigenvalue weighted by molar-refractivity contribution is 9.10. The van der Waals surface area contributed by atoms with Crippen molar-refractivity contribution < 1.29 is 23.7 Å². The first-order valence-electron chi connectivity index (χ1n) is 14.4. The van der Waals surface area contributed by atoms with Gasteiger partial charge in [0.1, 0.15) is 18.4 Å². The Morgan fingerprint density at radius 3 is 2.57 bits per heavy atom. The van der Waals surface area contributed by atoms with Gasteiger partial charge in [0.05, 0.1) is 35.6 Å². The van der Waals surface area contributed by atoms with Crippen molar-refractivity contribution in [2.75, 3.05) is 13.7 Å². The summed E-state index contributed by atoms with van der Waals surface area (Å²) in [5.74, 6) is 0.975. The van der Waals surface area contributed by atoms with Crippen LogP contribution in [0.5, 0.6) is 17.2 Å². The summed E-state index contributed by atoms with van der Waals surface area (Å²) in [5, 5.41) is 1.03. The molecular weight excluding hydrogens is 715 g/mol. The van der Waals surface area contributed by atoms with Gasteiger partial charge in [0.25, 0.3) is 5.56 Å². The van der Waals surface area contributed by atoms with Gasteiger partial charge in [-0.25, -0.2) is 9.79 Å². The molecule has 3 aromatic carbocycles. The van der Waals surface area contributed by atoms with Gasteiger partial charge in [-0.05, 0) is 69.7 Å². The Balaban J connectivity index is 1.60. The summed E-state index contributed by atoms with van der Waals surface area (Å²) in [5.41, 5.74) is 2.55. The van der Waals surface area contributed by atoms with Crippen molar-refractivity contribution in [3.8, 4) is 17.2 Å². The van der Waals surface area contributed by atoms with Crippen molar-refractivity contribution in [3.63, 3.8) is 0 Å². The number of aromatic nitrogens is 1. The zero-order valence-electron chi connectivity index (χ0n) is 25.7. The van der Waals surface area contributed by atoms with Gasteiger partial charge < -0.3 is 18.9 Å². The number of benzene rings is 3. The lowest BCUT2D eigenvalue weighted by Gasteiger charge is -2.26. The molecule has 0 radical (unpaired) electrons. The predicted octanol–water partition coefficient (Wildman–Crippen LogP) is 7.24. The summed E-state index contributed by atoms with van der Waals surface area (Å²) in [4.78, 5) is 32.6. The van der Waals surface area contributed by atoms with Gasteiger partial charge in [0.15, 0.2) is 16.3 Å². The number of carbonyl (C=O) groups is 1. The molecule has 0 fully saturated rings. The maximum atomic E-state index is 14.2. The highest BCUT2D eigenvalue weighted by Crippen LogP contribution is 2.37. The number of esters is 1. The van der Waals surface area contributed by atoms with Crippen LogP contribution in [-0.2, 0) is 16.1 Å². The monoisotopic (exact) mass is 744 g/mol. The third-order valence-electron chi connectivity index (χ3n) is 7.06. The first-order chi connectivity index (χ1) is 22.0. The highest BCUT2D eigenvalue weighted by atomic mass is 79.9. The van der Waals surface area contributed by atoms with Crippen molar-refractivity contribution >= 4 is 62.5 Å². The van der Waals surface area contributed by atoms with Crippen LogP contribution in [0.15, 0.2) is 80.1 Å². The fourth-order valence-electron chi connectivity index (χ4n) is 5.02. The lowest BCUT2D eigenvalue weighted by molar-refractivity contribution is -0.139. The molecule has 0 amide bonds. The van der Waals surface area contributed by atoms with Crippen molar-refractivity contribution in [3.05, 3.63) is 117 Å². The molecule has 5 rings (SSSR count). The number of para-hydroxylation sites is 1. The molecule has 240 valence electrons. The van der Waals surface area contributed by atoms with Crippen LogP contribution in [0.4, 0.5) is 0 Å². The normalized spacial score (nSPS) is 14.6. The molecule has 4 aromatic rings. The number of hydrogen-bond acceptors (Lipinski definition) is 8. The summed E-state index contributed by atoms with van der Waals surface area (Å²) in [7, 11) is 1.54. The van der Waals surface area contributed by atoms with Crippen LogP contribution in [0.2, 0.25) is 10.0 Å². The molecule has 0 unspecified atom stereocenters. The van der Waals surface area contributed by atoms with Crippen LogP contribution in [0.25, 0.3) is 6.08 Å². The number of nitrogens with zero attached hydrogens (tertiary/aromatic N) is 2. The molecule has 0 aliphatic carbocycles. The minimum absolute atomic E-state index is 0.129. The molecule has 0 bridgehead atoms. The number of thiazole rings is 1. The molecule has 0 saturated carbocycles. The van der Waals surface area contributed by atoms with Crippen LogP contribution in [-0.4, -0.2) is 30.4 Å². The molecule has 2 heterocycles. The minimum atomic E-state index is -0.805. The molecule has 12 heteroatoms. The van der Waals surface area contributed by atoms with E-state index < -0.39 is 12.0 Å². The van der Waals surface area contributed by atoms with Crippen molar-refractivity contribution in [2.45, 2.75) is 46.4 Å². The summed E-state index contributed by atoms with van der Waals surface area (Å²) in [6, 6.07) is 15.3. The van der Waals surface area contributed by atoms with E-state index in [4.69, 9.17) is 42.1 Å². The lowest BCUT2D eigenvalue weighted by atomic mass is 9.95. The fraction of sp³-hybridized carbons (Fsp3) is 0.265. The smallest absolute Gasteiger partial charge is 0.338 e. The second kappa shape index (κ2) is 14.5. The zero-order valence-corrected chi connectivity index (χ0v) is 29.6. The zero-order chi connectivity index (χ0) is 33.1. The van der Waals surface area contributed by atoms with E-state index in [-0.39, 0.29) is 30.5 Å². The number of allylic oxidation sites excluding steroid dienone is 1. The molecule has 1 aliphatic rings. The molecule has 0 spiro atoms. The predicted molar refractivity (Wildman–Crippen MR) is 184 cm³/mol. The van der Waals surface area contributed by atoms with Gasteiger partial charge in [-0.2, -0.15) is 0 Å². The van der Waals surface area contributed by atoms with E-state index >= 15 is 0 Å². The maximum Gasteiger partial charge on any atom is 0.338 e. The minimum Gasteiger partial charge on any atom is -0.493 e. The summed E-state index contributed by atoms with van der Waals surface area (Å²) in [6.45, 7) is 7.71. The average Bonchev–Trinajstić information content (AvgIpc) is 3.31. The quantitative estimate of drug-likeness (QED) is 0.159. The van der Waals surface area contributed by atoms with Crippen molar-refractivity contribution in [1.29, 1.82) is 0 Å². The first kappa shape index (κ1) is 33.8. The molecule has 0 saturated heterocycles. The van der Waals surface area contributed by atoms with Crippen LogP contribution in [0.1, 0.15) is 50.4 Å². The van der Waals surface area contributed by atoms with Gasteiger partial charge in [0, 0.05) is 25.6 Å². The first-order valence-corrected chi connectivity index (χ1v) is 16.8. The van der Waals surface area contributed by atoms with Crippen LogP contribution in [0, 0.1) is 0 Å². The number of methoxy groups -OCH3 is 1. The van der Waals surface area contributed by atoms with E-state index in [1.165, 1.54) is 15.9 Å². The van der Waals surface area contributed by atoms with Gasteiger partial charge >= 0.3 is 5.97 Å². The van der Waals surface area contributed by atoms with Gasteiger partial charge in [-0.3, -0.25) is 9.36 Å². The Morgan fingerprint density at radius 2 is 1.87 bits per heavy atom. The third kappa shape index (κ3) is 7.05. The van der Waals surface area contributed by atoms with Crippen molar-refractivity contribution in [1.82, 2.24) is 4.57 Å². The SMILES string of the molecule is CCOC(=O)C1=C(C)N=c2s/c(=C/c3cc(OC)c(OCc4ccc(Cl)cc4Cl)cc3Br)c(=O)n2[C@@H]1c1ccccc1OC(C)C. The molecule has 1 aliphatic heterocycles. The summed E-state index contributed by atoms with van der Waals surface area (Å²) in [6.07, 6.45) is 1.63. The van der Waals surface area contributed by atoms with Crippen LogP contribution in [0.3, 0.4) is 0 Å². The molecule has 1 atom stereocenters. The Bertz CT molecular complexity index is 2020. The van der Waals surface area contributed by atoms with E-state index in [1.807, 2.05) is 38.1 Å². The lowest BCUT2D eigenvalue weighted by Crippen LogP contribution is -2.40. The Kier molecular flexibility index (Phi) is 10.6. The van der Waals surface area contributed by atoms with E-state index in [0.717, 1.165) is 5.56 Å². The summed E-state index contributed by atoms with van der Waals surface area (Å²) >= 11 is 17.2. The molecule has 8 nitrogen and oxygen atoms in total. The van der Waals surface area contributed by atoms with Crippen molar-refractivity contribution in [2.24, 2.45) is 4.99 Å². The number of fused-ring (bicyclic) bond motifs is 1. The van der Waals surface area contributed by atoms with Crippen LogP contribution < -0.4 is 29.1 Å². The van der Waals surface area contributed by atoms with Crippen LogP contribution >= 0.6 is 50.5 Å². The summed E-state index contributed by atoms with van der Waals surface area (Å²) < 4.78 is 25.9. The highest BCUT2D eigenvalue weighted by Gasteiger charge is 2.35. The number of carbonyl (C=O) groups excluding carboxylic acids is 1. The van der Waals surface area contributed by atoms with E-state index in [1.54, 1.807) is 57.4 Å². The van der Waals surface area contributed by atoms with Gasteiger partial charge in [-0.15, -0.1) is 0 Å². The topological polar surface area (TPSA) is 88.4 Å². The maximum absolute atomic E-state index is 14.2. The second-order valence-corrected chi connectivity index (χ2v) is 13.3. The Morgan fingerprint density at radius 1 is 1.11 bits per heavy atom. The molecule has 1 aromatic heterocycles. The largest absolute Gasteiger partial charge is 0.493 e. The van der Waals surface area contributed by atoms with E-state index in [2.05, 4.69) is 20.9 Å². The van der Waals surface area contributed by atoms with E-state index in [9.17, 15) is 9.59 Å². The number of rotatable bonds is 10. The van der Waals surface area contributed by atoms with E-state index in [0.29, 0.717) is 57.9 Å². The second-order valence-electron chi connectivity index (χ2n) is 10.6. The Labute approximate surface area is 288 Å². The number of ether oxygens (including phenoxy) is 4. The fourth-order valence-corrected chi connectivity index (χ4v) is 6.96. The number of halogens is 3. The third-order valence-corrected chi connectivity index (χ3v) is 9.32. The number of hydrogen-bond donors (Lipinski definition) is 0. The standard InChI is InChI=1S/C34H31BrCl2N2O6S/c1-6-43-33(41)30-19(4)38-34-39(31(30)23-9-7-8-10-26(23)45-18(2)3)32(40)29(46-34)14-21-13-27(42-5)28(16-24(21)35)44-17-20-11-12-22(36)15-25(20)37/h7-16,18,31H,6,17H2,1-5H3/b29-14+/t31-/m1/s1. The van der Waals surface area contributed by atoms with Gasteiger partial charge in [-0.1, -0.05) is 74.7 Å².